The highest BCUT2D eigenvalue weighted by Gasteiger charge is 2.21. The summed E-state index contributed by atoms with van der Waals surface area (Å²) in [6.45, 7) is 2.63. The summed E-state index contributed by atoms with van der Waals surface area (Å²) in [5.74, 6) is 1.90. The lowest BCUT2D eigenvalue weighted by atomic mass is 10.1. The maximum absolute atomic E-state index is 5.95. The second-order valence-corrected chi connectivity index (χ2v) is 5.97. The molecule has 1 fully saturated rings. The summed E-state index contributed by atoms with van der Waals surface area (Å²) in [4.78, 5) is 4.82. The van der Waals surface area contributed by atoms with Crippen molar-refractivity contribution < 1.29 is 4.74 Å². The average molecular weight is 307 g/mol. The first-order valence-electron chi connectivity index (χ1n) is 8.26. The van der Waals surface area contributed by atoms with Crippen LogP contribution in [0.15, 0.2) is 54.6 Å². The average Bonchev–Trinajstić information content (AvgIpc) is 3.00. The van der Waals surface area contributed by atoms with Crippen LogP contribution >= 0.6 is 0 Å². The van der Waals surface area contributed by atoms with E-state index < -0.39 is 0 Å². The van der Waals surface area contributed by atoms with Crippen LogP contribution in [0.5, 0.6) is 5.75 Å². The van der Waals surface area contributed by atoms with Crippen molar-refractivity contribution in [2.24, 2.45) is 0 Å². The maximum atomic E-state index is 5.95. The van der Waals surface area contributed by atoms with Crippen LogP contribution < -0.4 is 10.1 Å². The van der Waals surface area contributed by atoms with Crippen LogP contribution in [0.2, 0.25) is 0 Å². The van der Waals surface area contributed by atoms with Crippen molar-refractivity contribution in [3.63, 3.8) is 0 Å². The Morgan fingerprint density at radius 3 is 2.57 bits per heavy atom. The van der Waals surface area contributed by atoms with Crippen molar-refractivity contribution in [2.75, 3.05) is 13.1 Å². The standard InChI is InChI=1S/C19H21N3O/c1-2-6-16(7-3-1)23-14-19-21-17-8-4-5-9-18(17)22(19)15-10-12-20-13-11-15/h1-9,15,20H,10-14H2. The molecule has 0 saturated carbocycles. The van der Waals surface area contributed by atoms with E-state index >= 15 is 0 Å². The molecule has 23 heavy (non-hydrogen) atoms. The molecule has 0 aliphatic carbocycles. The number of para-hydroxylation sites is 3. The molecule has 2 aromatic carbocycles. The minimum absolute atomic E-state index is 0.498. The molecule has 1 aliphatic rings. The Kier molecular flexibility index (Phi) is 3.99. The Labute approximate surface area is 136 Å². The highest BCUT2D eigenvalue weighted by atomic mass is 16.5. The van der Waals surface area contributed by atoms with Gasteiger partial charge >= 0.3 is 0 Å². The molecule has 1 saturated heterocycles. The predicted molar refractivity (Wildman–Crippen MR) is 91.6 cm³/mol. The summed E-state index contributed by atoms with van der Waals surface area (Å²) in [7, 11) is 0. The van der Waals surface area contributed by atoms with Gasteiger partial charge in [0.25, 0.3) is 0 Å². The predicted octanol–water partition coefficient (Wildman–Crippen LogP) is 3.54. The topological polar surface area (TPSA) is 39.1 Å². The number of hydrogen-bond acceptors (Lipinski definition) is 3. The minimum Gasteiger partial charge on any atom is -0.486 e. The van der Waals surface area contributed by atoms with Crippen LogP contribution in [-0.2, 0) is 6.61 Å². The third kappa shape index (κ3) is 2.94. The molecule has 4 heteroatoms. The van der Waals surface area contributed by atoms with E-state index in [1.54, 1.807) is 0 Å². The highest BCUT2D eigenvalue weighted by Crippen LogP contribution is 2.27. The first-order valence-corrected chi connectivity index (χ1v) is 8.26. The van der Waals surface area contributed by atoms with Gasteiger partial charge in [0.05, 0.1) is 11.0 Å². The number of rotatable bonds is 4. The van der Waals surface area contributed by atoms with E-state index in [0.29, 0.717) is 12.6 Å². The SMILES string of the molecule is c1ccc(OCc2nc3ccccc3n2C2CCNCC2)cc1. The fourth-order valence-corrected chi connectivity index (χ4v) is 3.33. The molecule has 1 aliphatic heterocycles. The summed E-state index contributed by atoms with van der Waals surface area (Å²) in [5, 5.41) is 3.44. The lowest BCUT2D eigenvalue weighted by Gasteiger charge is -2.26. The first-order chi connectivity index (χ1) is 11.4. The van der Waals surface area contributed by atoms with E-state index in [1.807, 2.05) is 36.4 Å². The normalized spacial score (nSPS) is 15.8. The molecule has 0 atom stereocenters. The van der Waals surface area contributed by atoms with Crippen molar-refractivity contribution in [3.05, 3.63) is 60.4 Å². The monoisotopic (exact) mass is 307 g/mol. The second kappa shape index (κ2) is 6.42. The quantitative estimate of drug-likeness (QED) is 0.801. The van der Waals surface area contributed by atoms with Crippen molar-refractivity contribution in [1.29, 1.82) is 0 Å². The van der Waals surface area contributed by atoms with Gasteiger partial charge in [0.2, 0.25) is 0 Å². The number of ether oxygens (including phenoxy) is 1. The molecule has 118 valence electrons. The Bertz CT molecular complexity index is 776. The first kappa shape index (κ1) is 14.3. The summed E-state index contributed by atoms with van der Waals surface area (Å²) in [5.41, 5.74) is 2.27. The molecule has 0 radical (unpaired) electrons. The molecule has 0 bridgehead atoms. The summed E-state index contributed by atoms with van der Waals surface area (Å²) >= 11 is 0. The summed E-state index contributed by atoms with van der Waals surface area (Å²) in [6.07, 6.45) is 2.28. The van der Waals surface area contributed by atoms with Gasteiger partial charge in [-0.3, -0.25) is 0 Å². The van der Waals surface area contributed by atoms with Crippen LogP contribution in [0, 0.1) is 0 Å². The van der Waals surface area contributed by atoms with Crippen molar-refractivity contribution in [1.82, 2.24) is 14.9 Å². The van der Waals surface area contributed by atoms with Gasteiger partial charge in [-0.15, -0.1) is 0 Å². The molecule has 3 aromatic rings. The van der Waals surface area contributed by atoms with Crippen molar-refractivity contribution >= 4 is 11.0 Å². The van der Waals surface area contributed by atoms with E-state index in [4.69, 9.17) is 9.72 Å². The highest BCUT2D eigenvalue weighted by molar-refractivity contribution is 5.76. The lowest BCUT2D eigenvalue weighted by Crippen LogP contribution is -2.30. The van der Waals surface area contributed by atoms with Crippen molar-refractivity contribution in [2.45, 2.75) is 25.5 Å². The van der Waals surface area contributed by atoms with Crippen LogP contribution in [0.3, 0.4) is 0 Å². The van der Waals surface area contributed by atoms with E-state index in [9.17, 15) is 0 Å². The molecule has 1 N–H and O–H groups in total. The molecule has 2 heterocycles. The third-order valence-corrected chi connectivity index (χ3v) is 4.45. The van der Waals surface area contributed by atoms with Gasteiger partial charge in [-0.05, 0) is 50.2 Å². The Morgan fingerprint density at radius 2 is 1.74 bits per heavy atom. The second-order valence-electron chi connectivity index (χ2n) is 5.97. The number of piperidine rings is 1. The molecular formula is C19H21N3O. The Hall–Kier alpha value is -2.33. The van der Waals surface area contributed by atoms with Gasteiger partial charge in [-0.2, -0.15) is 0 Å². The zero-order chi connectivity index (χ0) is 15.5. The van der Waals surface area contributed by atoms with Crippen molar-refractivity contribution in [3.8, 4) is 5.75 Å². The van der Waals surface area contributed by atoms with Gasteiger partial charge in [-0.25, -0.2) is 4.98 Å². The number of aromatic nitrogens is 2. The van der Waals surface area contributed by atoms with E-state index in [1.165, 1.54) is 5.52 Å². The Balaban J connectivity index is 1.67. The van der Waals surface area contributed by atoms with Crippen LogP contribution in [0.25, 0.3) is 11.0 Å². The molecule has 0 amide bonds. The van der Waals surface area contributed by atoms with E-state index in [-0.39, 0.29) is 0 Å². The third-order valence-electron chi connectivity index (χ3n) is 4.45. The molecule has 4 rings (SSSR count). The number of imidazole rings is 1. The van der Waals surface area contributed by atoms with Gasteiger partial charge in [0, 0.05) is 6.04 Å². The van der Waals surface area contributed by atoms with Gasteiger partial charge in [0.15, 0.2) is 0 Å². The van der Waals surface area contributed by atoms with E-state index in [0.717, 1.165) is 43.0 Å². The van der Waals surface area contributed by atoms with Gasteiger partial charge in [-0.1, -0.05) is 30.3 Å². The molecular weight excluding hydrogens is 286 g/mol. The summed E-state index contributed by atoms with van der Waals surface area (Å²) < 4.78 is 8.34. The van der Waals surface area contributed by atoms with Crippen LogP contribution in [0.1, 0.15) is 24.7 Å². The number of nitrogens with one attached hydrogen (secondary N) is 1. The number of nitrogens with zero attached hydrogens (tertiary/aromatic N) is 2. The molecule has 0 spiro atoms. The number of hydrogen-bond donors (Lipinski definition) is 1. The maximum Gasteiger partial charge on any atom is 0.148 e. The zero-order valence-electron chi connectivity index (χ0n) is 13.1. The zero-order valence-corrected chi connectivity index (χ0v) is 13.1. The molecule has 0 unspecified atom stereocenters. The van der Waals surface area contributed by atoms with Crippen LogP contribution in [0.4, 0.5) is 0 Å². The summed E-state index contributed by atoms with van der Waals surface area (Å²) in [6, 6.07) is 18.8. The fourth-order valence-electron chi connectivity index (χ4n) is 3.33. The van der Waals surface area contributed by atoms with Gasteiger partial charge in [0.1, 0.15) is 18.2 Å². The number of fused-ring (bicyclic) bond motifs is 1. The molecule has 4 nitrogen and oxygen atoms in total. The lowest BCUT2D eigenvalue weighted by molar-refractivity contribution is 0.276. The largest absolute Gasteiger partial charge is 0.486 e. The molecule has 1 aromatic heterocycles. The fraction of sp³-hybridized carbons (Fsp3) is 0.316. The number of benzene rings is 2. The minimum atomic E-state index is 0.498. The van der Waals surface area contributed by atoms with E-state index in [2.05, 4.69) is 28.1 Å². The van der Waals surface area contributed by atoms with Gasteiger partial charge < -0.3 is 14.6 Å². The Morgan fingerprint density at radius 1 is 1.00 bits per heavy atom. The van der Waals surface area contributed by atoms with Crippen LogP contribution in [-0.4, -0.2) is 22.6 Å². The smallest absolute Gasteiger partial charge is 0.148 e.